The van der Waals surface area contributed by atoms with E-state index in [2.05, 4.69) is 5.32 Å². The average Bonchev–Trinajstić information content (AvgIpc) is 3.17. The lowest BCUT2D eigenvalue weighted by molar-refractivity contribution is -0.123. The molecule has 1 aliphatic heterocycles. The Kier molecular flexibility index (Phi) is 4.90. The van der Waals surface area contributed by atoms with Gasteiger partial charge in [-0.1, -0.05) is 30.3 Å². The van der Waals surface area contributed by atoms with Crippen molar-refractivity contribution >= 4 is 29.1 Å². The Morgan fingerprint density at radius 1 is 1.04 bits per heavy atom. The fraction of sp³-hybridized carbons (Fsp3) is 0.0952. The molecule has 0 saturated heterocycles. The monoisotopic (exact) mass is 393 g/mol. The van der Waals surface area contributed by atoms with E-state index in [1.54, 1.807) is 36.4 Å². The number of esters is 1. The molecular weight excluding hydrogens is 378 g/mol. The molecule has 4 rings (SSSR count). The van der Waals surface area contributed by atoms with Crippen molar-refractivity contribution in [3.05, 3.63) is 76.7 Å². The maximum atomic E-state index is 12.3. The number of ether oxygens (including phenoxy) is 2. The number of benzene rings is 2. The molecule has 0 unspecified atom stereocenters. The summed E-state index contributed by atoms with van der Waals surface area (Å²) in [6, 6.07) is 17.7. The average molecular weight is 393 g/mol. The number of fused-ring (bicyclic) bond motifs is 3. The van der Waals surface area contributed by atoms with Gasteiger partial charge in [-0.15, -0.1) is 11.3 Å². The van der Waals surface area contributed by atoms with E-state index >= 15 is 0 Å². The number of hydrogen-bond acceptors (Lipinski definition) is 6. The Hall–Kier alpha value is -3.45. The van der Waals surface area contributed by atoms with Crippen molar-refractivity contribution in [1.82, 2.24) is 5.32 Å². The Morgan fingerprint density at radius 2 is 1.79 bits per heavy atom. The molecule has 2 amide bonds. The molecule has 0 spiro atoms. The molecular formula is C21H15NO5S. The predicted molar refractivity (Wildman–Crippen MR) is 103 cm³/mol. The van der Waals surface area contributed by atoms with Crippen LogP contribution in [0.15, 0.2) is 60.7 Å². The Morgan fingerprint density at radius 3 is 2.61 bits per heavy atom. The SMILES string of the molecule is O=C(COC(=O)c1cc2c(s1)-c1ccccc1OC2)NC(=O)c1ccccc1. The molecule has 2 heterocycles. The molecule has 3 aromatic rings. The second-order valence-electron chi connectivity index (χ2n) is 6.07. The van der Waals surface area contributed by atoms with Gasteiger partial charge in [-0.2, -0.15) is 0 Å². The second-order valence-corrected chi connectivity index (χ2v) is 7.12. The van der Waals surface area contributed by atoms with E-state index in [1.165, 1.54) is 11.3 Å². The van der Waals surface area contributed by atoms with E-state index in [1.807, 2.05) is 24.3 Å². The highest BCUT2D eigenvalue weighted by molar-refractivity contribution is 7.17. The summed E-state index contributed by atoms with van der Waals surface area (Å²) in [5.74, 6) is -1.06. The summed E-state index contributed by atoms with van der Waals surface area (Å²) >= 11 is 1.30. The van der Waals surface area contributed by atoms with Gasteiger partial charge in [0.1, 0.15) is 17.2 Å². The number of para-hydroxylation sites is 1. The number of imide groups is 1. The van der Waals surface area contributed by atoms with Gasteiger partial charge in [0.05, 0.1) is 0 Å². The van der Waals surface area contributed by atoms with Gasteiger partial charge in [0, 0.05) is 21.6 Å². The summed E-state index contributed by atoms with van der Waals surface area (Å²) in [6.07, 6.45) is 0. The first kappa shape index (κ1) is 17.9. The van der Waals surface area contributed by atoms with E-state index in [4.69, 9.17) is 9.47 Å². The second kappa shape index (κ2) is 7.66. The lowest BCUT2D eigenvalue weighted by Crippen LogP contribution is -2.34. The lowest BCUT2D eigenvalue weighted by Gasteiger charge is -2.16. The number of carbonyl (C=O) groups is 3. The van der Waals surface area contributed by atoms with Crippen LogP contribution in [-0.4, -0.2) is 24.4 Å². The number of carbonyl (C=O) groups excluding carboxylic acids is 3. The summed E-state index contributed by atoms with van der Waals surface area (Å²) < 4.78 is 10.7. The highest BCUT2D eigenvalue weighted by Gasteiger charge is 2.23. The van der Waals surface area contributed by atoms with Crippen LogP contribution in [0.3, 0.4) is 0 Å². The minimum Gasteiger partial charge on any atom is -0.488 e. The van der Waals surface area contributed by atoms with Crippen molar-refractivity contribution in [2.75, 3.05) is 6.61 Å². The first-order chi connectivity index (χ1) is 13.6. The summed E-state index contributed by atoms with van der Waals surface area (Å²) in [4.78, 5) is 37.5. The van der Waals surface area contributed by atoms with Gasteiger partial charge in [-0.25, -0.2) is 4.79 Å². The number of thiophene rings is 1. The van der Waals surface area contributed by atoms with E-state index < -0.39 is 24.4 Å². The zero-order valence-corrected chi connectivity index (χ0v) is 15.5. The Balaban J connectivity index is 1.38. The van der Waals surface area contributed by atoms with Crippen LogP contribution in [0.5, 0.6) is 5.75 Å². The van der Waals surface area contributed by atoms with Crippen LogP contribution in [0.4, 0.5) is 0 Å². The fourth-order valence-corrected chi connectivity index (χ4v) is 3.92. The van der Waals surface area contributed by atoms with E-state index in [9.17, 15) is 14.4 Å². The van der Waals surface area contributed by atoms with Gasteiger partial charge in [-0.3, -0.25) is 14.9 Å². The molecule has 6 nitrogen and oxygen atoms in total. The van der Waals surface area contributed by atoms with Crippen LogP contribution in [0.2, 0.25) is 0 Å². The summed E-state index contributed by atoms with van der Waals surface area (Å²) in [5, 5.41) is 2.19. The van der Waals surface area contributed by atoms with Crippen LogP contribution >= 0.6 is 11.3 Å². The maximum absolute atomic E-state index is 12.3. The molecule has 0 aliphatic carbocycles. The van der Waals surface area contributed by atoms with Crippen molar-refractivity contribution in [2.24, 2.45) is 0 Å². The Labute approximate surface area is 164 Å². The van der Waals surface area contributed by atoms with Gasteiger partial charge in [0.25, 0.3) is 11.8 Å². The zero-order chi connectivity index (χ0) is 19.5. The van der Waals surface area contributed by atoms with Crippen molar-refractivity contribution in [2.45, 2.75) is 6.61 Å². The van der Waals surface area contributed by atoms with E-state index in [0.29, 0.717) is 17.0 Å². The highest BCUT2D eigenvalue weighted by Crippen LogP contribution is 2.42. The third-order valence-electron chi connectivity index (χ3n) is 4.15. The number of rotatable bonds is 4. The summed E-state index contributed by atoms with van der Waals surface area (Å²) in [6.45, 7) is -0.157. The maximum Gasteiger partial charge on any atom is 0.348 e. The van der Waals surface area contributed by atoms with Crippen molar-refractivity contribution < 1.29 is 23.9 Å². The van der Waals surface area contributed by atoms with Gasteiger partial charge >= 0.3 is 5.97 Å². The molecule has 1 N–H and O–H groups in total. The number of amides is 2. The predicted octanol–water partition coefficient (Wildman–Crippen LogP) is 3.42. The minimum absolute atomic E-state index is 0.353. The molecule has 1 aromatic heterocycles. The zero-order valence-electron chi connectivity index (χ0n) is 14.6. The highest BCUT2D eigenvalue weighted by atomic mass is 32.1. The third-order valence-corrected chi connectivity index (χ3v) is 5.34. The molecule has 28 heavy (non-hydrogen) atoms. The van der Waals surface area contributed by atoms with Crippen LogP contribution in [0.1, 0.15) is 25.6 Å². The quantitative estimate of drug-likeness (QED) is 0.687. The largest absolute Gasteiger partial charge is 0.488 e. The standard InChI is InChI=1S/C21H15NO5S/c23-18(22-20(24)13-6-2-1-3-7-13)12-27-21(25)17-10-14-11-26-16-9-5-4-8-15(16)19(14)28-17/h1-10H,11-12H2,(H,22,23,24). The van der Waals surface area contributed by atoms with Crippen LogP contribution in [-0.2, 0) is 16.1 Å². The minimum atomic E-state index is -0.683. The number of nitrogens with one attached hydrogen (secondary N) is 1. The van der Waals surface area contributed by atoms with Crippen LogP contribution in [0, 0.1) is 0 Å². The van der Waals surface area contributed by atoms with Gasteiger partial charge < -0.3 is 9.47 Å². The molecule has 0 fully saturated rings. The van der Waals surface area contributed by atoms with Gasteiger partial charge in [0.15, 0.2) is 6.61 Å². The van der Waals surface area contributed by atoms with Crippen molar-refractivity contribution in [3.8, 4) is 16.2 Å². The first-order valence-corrected chi connectivity index (χ1v) is 9.35. The van der Waals surface area contributed by atoms with Gasteiger partial charge in [-0.05, 0) is 30.3 Å². The summed E-state index contributed by atoms with van der Waals surface area (Å²) in [7, 11) is 0. The number of hydrogen-bond donors (Lipinski definition) is 1. The topological polar surface area (TPSA) is 81.7 Å². The first-order valence-electron chi connectivity index (χ1n) is 8.53. The third kappa shape index (κ3) is 3.65. The van der Waals surface area contributed by atoms with Crippen molar-refractivity contribution in [1.29, 1.82) is 0 Å². The van der Waals surface area contributed by atoms with E-state index in [0.717, 1.165) is 21.8 Å². The molecule has 0 saturated carbocycles. The fourth-order valence-electron chi connectivity index (χ4n) is 2.83. The summed E-state index contributed by atoms with van der Waals surface area (Å²) in [5.41, 5.74) is 2.19. The molecule has 0 radical (unpaired) electrons. The van der Waals surface area contributed by atoms with E-state index in [-0.39, 0.29) is 0 Å². The molecule has 2 aromatic carbocycles. The van der Waals surface area contributed by atoms with Crippen LogP contribution in [0.25, 0.3) is 10.4 Å². The molecule has 0 bridgehead atoms. The van der Waals surface area contributed by atoms with Crippen molar-refractivity contribution in [3.63, 3.8) is 0 Å². The molecule has 1 aliphatic rings. The van der Waals surface area contributed by atoms with Gasteiger partial charge in [0.2, 0.25) is 0 Å². The molecule has 0 atom stereocenters. The smallest absolute Gasteiger partial charge is 0.348 e. The van der Waals surface area contributed by atoms with Crippen LogP contribution < -0.4 is 10.1 Å². The lowest BCUT2D eigenvalue weighted by atomic mass is 10.1. The molecule has 7 heteroatoms. The Bertz CT molecular complexity index is 1060. The molecule has 140 valence electrons. The normalized spacial score (nSPS) is 11.6.